The lowest BCUT2D eigenvalue weighted by atomic mass is 9.99. The van der Waals surface area contributed by atoms with Gasteiger partial charge in [0.1, 0.15) is 5.01 Å². The Morgan fingerprint density at radius 1 is 0.943 bits per heavy atom. The molecule has 0 fully saturated rings. The number of carbonyl (C=O) groups excluding carboxylic acids is 2. The fraction of sp³-hybridized carbons (Fsp3) is 0.138. The molecule has 1 atom stereocenters. The van der Waals surface area contributed by atoms with E-state index in [0.717, 1.165) is 37.1 Å². The Morgan fingerprint density at radius 3 is 2.46 bits per heavy atom. The van der Waals surface area contributed by atoms with Gasteiger partial charge in [0.25, 0.3) is 5.91 Å². The smallest absolute Gasteiger partial charge is 0.339 e. The summed E-state index contributed by atoms with van der Waals surface area (Å²) in [5.41, 5.74) is 3.85. The minimum atomic E-state index is -0.910. The first kappa shape index (κ1) is 22.7. The van der Waals surface area contributed by atoms with Crippen LogP contribution in [0.3, 0.4) is 0 Å². The zero-order valence-corrected chi connectivity index (χ0v) is 20.3. The molecule has 5 nitrogen and oxygen atoms in total. The van der Waals surface area contributed by atoms with Gasteiger partial charge in [0, 0.05) is 16.6 Å². The summed E-state index contributed by atoms with van der Waals surface area (Å²) >= 11 is 1.58. The molecule has 0 radical (unpaired) electrons. The predicted octanol–water partition coefficient (Wildman–Crippen LogP) is 7.00. The number of fused-ring (bicyclic) bond motifs is 2. The second kappa shape index (κ2) is 9.68. The van der Waals surface area contributed by atoms with Crippen molar-refractivity contribution in [3.63, 3.8) is 0 Å². The van der Waals surface area contributed by atoms with Crippen LogP contribution in [0, 0.1) is 6.92 Å². The van der Waals surface area contributed by atoms with E-state index in [1.165, 1.54) is 0 Å². The number of nitrogens with zero attached hydrogens (tertiary/aromatic N) is 1. The van der Waals surface area contributed by atoms with Crippen molar-refractivity contribution in [3.8, 4) is 10.6 Å². The average Bonchev–Trinajstić information content (AvgIpc) is 3.32. The molecule has 1 unspecified atom stereocenters. The number of nitrogens with one attached hydrogen (secondary N) is 1. The van der Waals surface area contributed by atoms with Crippen LogP contribution in [0.1, 0.15) is 29.3 Å². The van der Waals surface area contributed by atoms with Crippen molar-refractivity contribution in [1.29, 1.82) is 0 Å². The van der Waals surface area contributed by atoms with Crippen LogP contribution in [0.2, 0.25) is 0 Å². The molecule has 1 N–H and O–H groups in total. The van der Waals surface area contributed by atoms with Gasteiger partial charge in [0.2, 0.25) is 0 Å². The number of para-hydroxylation sites is 2. The molecule has 1 aromatic heterocycles. The first-order valence-electron chi connectivity index (χ1n) is 11.5. The van der Waals surface area contributed by atoms with Gasteiger partial charge >= 0.3 is 5.97 Å². The third-order valence-electron chi connectivity index (χ3n) is 5.96. The molecule has 174 valence electrons. The van der Waals surface area contributed by atoms with E-state index in [2.05, 4.69) is 5.32 Å². The predicted molar refractivity (Wildman–Crippen MR) is 142 cm³/mol. The lowest BCUT2D eigenvalue weighted by molar-refractivity contribution is -0.124. The number of thiazole rings is 1. The van der Waals surface area contributed by atoms with Crippen LogP contribution in [0.15, 0.2) is 84.9 Å². The Bertz CT molecular complexity index is 1520. The van der Waals surface area contributed by atoms with Gasteiger partial charge in [-0.15, -0.1) is 11.3 Å². The summed E-state index contributed by atoms with van der Waals surface area (Å²) in [5, 5.41) is 5.40. The zero-order chi connectivity index (χ0) is 24.4. The number of hydrogen-bond acceptors (Lipinski definition) is 5. The maximum Gasteiger partial charge on any atom is 0.339 e. The van der Waals surface area contributed by atoms with Crippen LogP contribution in [0.4, 0.5) is 5.69 Å². The maximum absolute atomic E-state index is 13.4. The first-order valence-corrected chi connectivity index (χ1v) is 12.3. The normalized spacial score (nSPS) is 11.9. The molecule has 5 aromatic rings. The van der Waals surface area contributed by atoms with Gasteiger partial charge in [0.05, 0.1) is 15.8 Å². The van der Waals surface area contributed by atoms with Crippen molar-refractivity contribution < 1.29 is 14.3 Å². The Labute approximate surface area is 207 Å². The van der Waals surface area contributed by atoms with E-state index in [1.807, 2.05) is 92.7 Å². The Balaban J connectivity index is 1.48. The molecule has 35 heavy (non-hydrogen) atoms. The van der Waals surface area contributed by atoms with E-state index in [4.69, 9.17) is 9.72 Å². The Morgan fingerprint density at radius 2 is 1.69 bits per heavy atom. The summed E-state index contributed by atoms with van der Waals surface area (Å²) in [7, 11) is 0. The topological polar surface area (TPSA) is 68.3 Å². The summed E-state index contributed by atoms with van der Waals surface area (Å²) in [6, 6.07) is 26.9. The quantitative estimate of drug-likeness (QED) is 0.266. The van der Waals surface area contributed by atoms with Crippen LogP contribution >= 0.6 is 11.3 Å². The number of carbonyl (C=O) groups is 2. The number of anilines is 1. The van der Waals surface area contributed by atoms with E-state index >= 15 is 0 Å². The second-order valence-electron chi connectivity index (χ2n) is 8.30. The number of amides is 1. The molecule has 1 heterocycles. The van der Waals surface area contributed by atoms with Crippen molar-refractivity contribution in [2.24, 2.45) is 0 Å². The van der Waals surface area contributed by atoms with Gasteiger partial charge < -0.3 is 10.1 Å². The van der Waals surface area contributed by atoms with Crippen molar-refractivity contribution >= 4 is 49.9 Å². The number of rotatable bonds is 6. The van der Waals surface area contributed by atoms with Gasteiger partial charge in [-0.05, 0) is 48.6 Å². The molecular weight excluding hydrogens is 456 g/mol. The van der Waals surface area contributed by atoms with Crippen LogP contribution in [0.5, 0.6) is 0 Å². The molecular formula is C29H24N2O3S. The molecule has 1 amide bonds. The average molecular weight is 481 g/mol. The van der Waals surface area contributed by atoms with Crippen LogP contribution in [-0.4, -0.2) is 23.0 Å². The lowest BCUT2D eigenvalue weighted by Crippen LogP contribution is -2.32. The molecule has 0 aliphatic heterocycles. The summed E-state index contributed by atoms with van der Waals surface area (Å²) in [6.45, 7) is 3.74. The summed E-state index contributed by atoms with van der Waals surface area (Å²) in [6.07, 6.45) is -0.550. The molecule has 0 aliphatic rings. The number of aromatic nitrogens is 1. The fourth-order valence-electron chi connectivity index (χ4n) is 4.12. The van der Waals surface area contributed by atoms with Crippen molar-refractivity contribution in [2.45, 2.75) is 26.4 Å². The fourth-order valence-corrected chi connectivity index (χ4v) is 5.12. The highest BCUT2D eigenvalue weighted by Gasteiger charge is 2.24. The van der Waals surface area contributed by atoms with E-state index in [0.29, 0.717) is 17.7 Å². The van der Waals surface area contributed by atoms with E-state index < -0.39 is 12.1 Å². The first-order chi connectivity index (χ1) is 17.0. The molecule has 0 spiro atoms. The van der Waals surface area contributed by atoms with Crippen LogP contribution in [0.25, 0.3) is 31.6 Å². The maximum atomic E-state index is 13.4. The highest BCUT2D eigenvalue weighted by Crippen LogP contribution is 2.36. The SMILES string of the molecule is CCC(OC(=O)c1cccc2cccc(-c3nc4ccccc4s3)c12)C(=O)Nc1ccccc1C. The van der Waals surface area contributed by atoms with Gasteiger partial charge in [-0.25, -0.2) is 9.78 Å². The van der Waals surface area contributed by atoms with Crippen molar-refractivity contribution in [1.82, 2.24) is 4.98 Å². The largest absolute Gasteiger partial charge is 0.449 e. The summed E-state index contributed by atoms with van der Waals surface area (Å²) < 4.78 is 6.83. The van der Waals surface area contributed by atoms with Gasteiger partial charge in [-0.3, -0.25) is 4.79 Å². The second-order valence-corrected chi connectivity index (χ2v) is 9.33. The third-order valence-corrected chi connectivity index (χ3v) is 7.03. The Hall–Kier alpha value is -4.03. The van der Waals surface area contributed by atoms with Gasteiger partial charge in [0.15, 0.2) is 6.10 Å². The lowest BCUT2D eigenvalue weighted by Gasteiger charge is -2.18. The third kappa shape index (κ3) is 4.53. The number of ether oxygens (including phenoxy) is 1. The number of benzene rings is 4. The van der Waals surface area contributed by atoms with Crippen molar-refractivity contribution in [3.05, 3.63) is 96.1 Å². The highest BCUT2D eigenvalue weighted by atomic mass is 32.1. The van der Waals surface area contributed by atoms with Gasteiger partial charge in [-0.1, -0.05) is 67.6 Å². The van der Waals surface area contributed by atoms with Crippen LogP contribution in [-0.2, 0) is 9.53 Å². The molecule has 6 heteroatoms. The van der Waals surface area contributed by atoms with E-state index in [1.54, 1.807) is 17.4 Å². The molecule has 0 aliphatic carbocycles. The standard InChI is InChI=1S/C29H24N2O3S/c1-3-24(27(32)30-22-15-5-4-10-18(22)2)34-29(33)21-14-9-12-19-11-8-13-20(26(19)21)28-31-23-16-6-7-17-25(23)35-28/h4-17,24H,3H2,1-2H3,(H,30,32). The number of hydrogen-bond donors (Lipinski definition) is 1. The molecule has 0 saturated carbocycles. The van der Waals surface area contributed by atoms with E-state index in [-0.39, 0.29) is 5.91 Å². The van der Waals surface area contributed by atoms with E-state index in [9.17, 15) is 9.59 Å². The minimum Gasteiger partial charge on any atom is -0.449 e. The molecule has 0 saturated heterocycles. The molecule has 4 aromatic carbocycles. The highest BCUT2D eigenvalue weighted by molar-refractivity contribution is 7.21. The summed E-state index contributed by atoms with van der Waals surface area (Å²) in [5.74, 6) is -0.877. The zero-order valence-electron chi connectivity index (χ0n) is 19.4. The van der Waals surface area contributed by atoms with Crippen molar-refractivity contribution in [2.75, 3.05) is 5.32 Å². The minimum absolute atomic E-state index is 0.346. The summed E-state index contributed by atoms with van der Waals surface area (Å²) in [4.78, 5) is 31.1. The van der Waals surface area contributed by atoms with Gasteiger partial charge in [-0.2, -0.15) is 0 Å². The molecule has 5 rings (SSSR count). The number of aryl methyl sites for hydroxylation is 1. The Kier molecular flexibility index (Phi) is 6.29. The molecule has 0 bridgehead atoms. The monoisotopic (exact) mass is 480 g/mol. The van der Waals surface area contributed by atoms with Crippen LogP contribution < -0.4 is 5.32 Å². The number of esters is 1.